The lowest BCUT2D eigenvalue weighted by molar-refractivity contribution is 0.244. The van der Waals surface area contributed by atoms with Crippen LogP contribution in [0.3, 0.4) is 0 Å². The standard InChI is InChI=1S/C15H22N2O/c1-12(2)7-9-16-15(18)17-10-8-14-6-4-5-13(3)11-14/h4-7,9,11-12H,8,10H2,1-3H3,(H2,16,17,18)/b9-7+. The fourth-order valence-corrected chi connectivity index (χ4v) is 1.56. The van der Waals surface area contributed by atoms with Crippen LogP contribution in [0.1, 0.15) is 25.0 Å². The largest absolute Gasteiger partial charge is 0.338 e. The second-order valence-corrected chi connectivity index (χ2v) is 4.74. The van der Waals surface area contributed by atoms with E-state index in [2.05, 4.69) is 49.6 Å². The monoisotopic (exact) mass is 246 g/mol. The number of urea groups is 1. The van der Waals surface area contributed by atoms with Gasteiger partial charge in [0.05, 0.1) is 0 Å². The van der Waals surface area contributed by atoms with Crippen LogP contribution in [0.2, 0.25) is 0 Å². The Balaban J connectivity index is 2.23. The molecular weight excluding hydrogens is 224 g/mol. The topological polar surface area (TPSA) is 41.1 Å². The first-order valence-electron chi connectivity index (χ1n) is 6.34. The number of carbonyl (C=O) groups excluding carboxylic acids is 1. The second kappa shape index (κ2) is 7.54. The summed E-state index contributed by atoms with van der Waals surface area (Å²) in [5.41, 5.74) is 2.49. The highest BCUT2D eigenvalue weighted by atomic mass is 16.2. The van der Waals surface area contributed by atoms with Crippen molar-refractivity contribution in [2.24, 2.45) is 5.92 Å². The van der Waals surface area contributed by atoms with Gasteiger partial charge in [-0.25, -0.2) is 4.79 Å². The first kappa shape index (κ1) is 14.3. The van der Waals surface area contributed by atoms with Crippen LogP contribution in [0, 0.1) is 12.8 Å². The quantitative estimate of drug-likeness (QED) is 0.824. The maximum Gasteiger partial charge on any atom is 0.318 e. The van der Waals surface area contributed by atoms with Crippen molar-refractivity contribution in [2.45, 2.75) is 27.2 Å². The minimum atomic E-state index is -0.153. The zero-order chi connectivity index (χ0) is 13.4. The maximum absolute atomic E-state index is 11.4. The molecule has 0 saturated heterocycles. The lowest BCUT2D eigenvalue weighted by atomic mass is 10.1. The van der Waals surface area contributed by atoms with E-state index in [0.29, 0.717) is 12.5 Å². The van der Waals surface area contributed by atoms with E-state index in [4.69, 9.17) is 0 Å². The molecule has 0 saturated carbocycles. The number of rotatable bonds is 5. The van der Waals surface area contributed by atoms with Gasteiger partial charge in [0.25, 0.3) is 0 Å². The molecule has 98 valence electrons. The zero-order valence-corrected chi connectivity index (χ0v) is 11.4. The lowest BCUT2D eigenvalue weighted by Crippen LogP contribution is -2.33. The molecule has 1 aromatic rings. The minimum absolute atomic E-state index is 0.153. The lowest BCUT2D eigenvalue weighted by Gasteiger charge is -2.05. The van der Waals surface area contributed by atoms with E-state index in [1.54, 1.807) is 6.20 Å². The third-order valence-electron chi connectivity index (χ3n) is 2.48. The van der Waals surface area contributed by atoms with Crippen LogP contribution in [0.5, 0.6) is 0 Å². The van der Waals surface area contributed by atoms with Crippen LogP contribution < -0.4 is 10.6 Å². The van der Waals surface area contributed by atoms with Crippen molar-refractivity contribution < 1.29 is 4.79 Å². The minimum Gasteiger partial charge on any atom is -0.338 e. The molecule has 0 heterocycles. The van der Waals surface area contributed by atoms with E-state index >= 15 is 0 Å². The van der Waals surface area contributed by atoms with Crippen LogP contribution in [-0.2, 0) is 6.42 Å². The van der Waals surface area contributed by atoms with Crippen LogP contribution in [0.15, 0.2) is 36.5 Å². The van der Waals surface area contributed by atoms with E-state index in [0.717, 1.165) is 6.42 Å². The summed E-state index contributed by atoms with van der Waals surface area (Å²) in [6.07, 6.45) is 4.48. The Morgan fingerprint density at radius 1 is 1.39 bits per heavy atom. The summed E-state index contributed by atoms with van der Waals surface area (Å²) in [5, 5.41) is 5.50. The number of nitrogens with one attached hydrogen (secondary N) is 2. The second-order valence-electron chi connectivity index (χ2n) is 4.74. The number of hydrogen-bond acceptors (Lipinski definition) is 1. The van der Waals surface area contributed by atoms with Crippen molar-refractivity contribution in [1.29, 1.82) is 0 Å². The molecule has 0 aliphatic carbocycles. The first-order chi connectivity index (χ1) is 8.58. The molecule has 0 bridgehead atoms. The molecule has 0 spiro atoms. The molecule has 0 fully saturated rings. The SMILES string of the molecule is Cc1cccc(CCNC(=O)N/C=C/C(C)C)c1. The van der Waals surface area contributed by atoms with Gasteiger partial charge in [0.15, 0.2) is 0 Å². The van der Waals surface area contributed by atoms with Crippen molar-refractivity contribution in [1.82, 2.24) is 10.6 Å². The first-order valence-corrected chi connectivity index (χ1v) is 6.34. The van der Waals surface area contributed by atoms with E-state index in [1.807, 2.05) is 12.1 Å². The predicted octanol–water partition coefficient (Wildman–Crippen LogP) is 3.01. The Bertz CT molecular complexity index is 411. The van der Waals surface area contributed by atoms with Gasteiger partial charge in [-0.1, -0.05) is 49.8 Å². The molecule has 1 rings (SSSR count). The smallest absolute Gasteiger partial charge is 0.318 e. The molecule has 0 aliphatic heterocycles. The maximum atomic E-state index is 11.4. The Kier molecular flexibility index (Phi) is 5.98. The summed E-state index contributed by atoms with van der Waals surface area (Å²) < 4.78 is 0. The highest BCUT2D eigenvalue weighted by Crippen LogP contribution is 2.03. The molecule has 0 unspecified atom stereocenters. The summed E-state index contributed by atoms with van der Waals surface area (Å²) in [6.45, 7) is 6.84. The highest BCUT2D eigenvalue weighted by molar-refractivity contribution is 5.74. The van der Waals surface area contributed by atoms with Gasteiger partial charge in [-0.15, -0.1) is 0 Å². The number of benzene rings is 1. The van der Waals surface area contributed by atoms with E-state index in [-0.39, 0.29) is 6.03 Å². The van der Waals surface area contributed by atoms with Gasteiger partial charge in [0.2, 0.25) is 0 Å². The summed E-state index contributed by atoms with van der Waals surface area (Å²) >= 11 is 0. The van der Waals surface area contributed by atoms with Crippen LogP contribution in [0.4, 0.5) is 4.79 Å². The fraction of sp³-hybridized carbons (Fsp3) is 0.400. The Morgan fingerprint density at radius 3 is 2.83 bits per heavy atom. The Morgan fingerprint density at radius 2 is 2.17 bits per heavy atom. The van der Waals surface area contributed by atoms with Gasteiger partial charge >= 0.3 is 6.03 Å². The van der Waals surface area contributed by atoms with Gasteiger partial charge in [0.1, 0.15) is 0 Å². The molecule has 0 aromatic heterocycles. The summed E-state index contributed by atoms with van der Waals surface area (Å²) in [6, 6.07) is 8.17. The molecule has 3 nitrogen and oxygen atoms in total. The van der Waals surface area contributed by atoms with Crippen molar-refractivity contribution in [2.75, 3.05) is 6.54 Å². The van der Waals surface area contributed by atoms with E-state index in [9.17, 15) is 4.79 Å². The normalized spacial score (nSPS) is 10.9. The average Bonchev–Trinajstić information content (AvgIpc) is 2.28. The number of amides is 2. The zero-order valence-electron chi connectivity index (χ0n) is 11.4. The Labute approximate surface area is 109 Å². The number of hydrogen-bond donors (Lipinski definition) is 2. The molecule has 2 N–H and O–H groups in total. The fourth-order valence-electron chi connectivity index (χ4n) is 1.56. The van der Waals surface area contributed by atoms with Gasteiger partial charge in [-0.05, 0) is 24.8 Å². The molecule has 0 radical (unpaired) electrons. The number of carbonyl (C=O) groups is 1. The number of allylic oxidation sites excluding steroid dienone is 1. The summed E-state index contributed by atoms with van der Waals surface area (Å²) in [4.78, 5) is 11.4. The van der Waals surface area contributed by atoms with Gasteiger partial charge in [-0.2, -0.15) is 0 Å². The van der Waals surface area contributed by atoms with Crippen LogP contribution in [0.25, 0.3) is 0 Å². The van der Waals surface area contributed by atoms with Crippen molar-refractivity contribution in [3.63, 3.8) is 0 Å². The van der Waals surface area contributed by atoms with Gasteiger partial charge in [-0.3, -0.25) is 0 Å². The number of aryl methyl sites for hydroxylation is 1. The van der Waals surface area contributed by atoms with Gasteiger partial charge < -0.3 is 10.6 Å². The molecule has 0 atom stereocenters. The summed E-state index contributed by atoms with van der Waals surface area (Å²) in [5.74, 6) is 0.442. The van der Waals surface area contributed by atoms with Crippen LogP contribution in [-0.4, -0.2) is 12.6 Å². The van der Waals surface area contributed by atoms with Crippen LogP contribution >= 0.6 is 0 Å². The molecule has 3 heteroatoms. The van der Waals surface area contributed by atoms with E-state index in [1.165, 1.54) is 11.1 Å². The summed E-state index contributed by atoms with van der Waals surface area (Å²) in [7, 11) is 0. The molecular formula is C15H22N2O. The van der Waals surface area contributed by atoms with Gasteiger partial charge in [0, 0.05) is 12.7 Å². The predicted molar refractivity (Wildman–Crippen MR) is 75.4 cm³/mol. The third kappa shape index (κ3) is 6.09. The van der Waals surface area contributed by atoms with Crippen molar-refractivity contribution in [3.05, 3.63) is 47.7 Å². The average molecular weight is 246 g/mol. The van der Waals surface area contributed by atoms with Crippen molar-refractivity contribution in [3.8, 4) is 0 Å². The third-order valence-corrected chi connectivity index (χ3v) is 2.48. The molecule has 2 amide bonds. The highest BCUT2D eigenvalue weighted by Gasteiger charge is 1.97. The molecule has 0 aliphatic rings. The Hall–Kier alpha value is -1.77. The molecule has 1 aromatic carbocycles. The van der Waals surface area contributed by atoms with Crippen molar-refractivity contribution >= 4 is 6.03 Å². The molecule has 18 heavy (non-hydrogen) atoms. The van der Waals surface area contributed by atoms with E-state index < -0.39 is 0 Å².